The second-order valence-corrected chi connectivity index (χ2v) is 7.46. The van der Waals surface area contributed by atoms with Gasteiger partial charge in [-0.25, -0.2) is 0 Å². The lowest BCUT2D eigenvalue weighted by atomic mass is 9.78. The molecule has 3 rings (SSSR count). The van der Waals surface area contributed by atoms with Crippen molar-refractivity contribution in [1.82, 2.24) is 5.32 Å². The first-order valence-corrected chi connectivity index (χ1v) is 8.75. The van der Waals surface area contributed by atoms with Crippen molar-refractivity contribution < 1.29 is 14.6 Å². The Bertz CT molecular complexity index is 365. The molecule has 4 nitrogen and oxygen atoms in total. The average Bonchev–Trinajstić information content (AvgIpc) is 2.85. The fraction of sp³-hybridized carbons (Fsp3) is 0.941. The van der Waals surface area contributed by atoms with Gasteiger partial charge in [0.2, 0.25) is 5.91 Å². The molecule has 1 saturated heterocycles. The Morgan fingerprint density at radius 2 is 1.76 bits per heavy atom. The second-order valence-electron chi connectivity index (χ2n) is 7.46. The molecule has 0 aromatic rings. The highest BCUT2D eigenvalue weighted by Crippen LogP contribution is 2.38. The van der Waals surface area contributed by atoms with Crippen LogP contribution in [0.25, 0.3) is 0 Å². The third-order valence-corrected chi connectivity index (χ3v) is 5.65. The van der Waals surface area contributed by atoms with Crippen molar-refractivity contribution >= 4 is 5.91 Å². The highest BCUT2D eigenvalue weighted by molar-refractivity contribution is 5.77. The lowest BCUT2D eigenvalue weighted by molar-refractivity contribution is -0.132. The molecule has 0 aromatic carbocycles. The third kappa shape index (κ3) is 3.78. The summed E-state index contributed by atoms with van der Waals surface area (Å²) in [5.41, 5.74) is -0.712. The van der Waals surface area contributed by atoms with E-state index < -0.39 is 5.60 Å². The van der Waals surface area contributed by atoms with Gasteiger partial charge in [0.05, 0.1) is 17.6 Å². The molecule has 0 aromatic heterocycles. The van der Waals surface area contributed by atoms with Gasteiger partial charge in [-0.2, -0.15) is 0 Å². The first kappa shape index (κ1) is 15.3. The minimum atomic E-state index is -0.738. The van der Waals surface area contributed by atoms with Crippen LogP contribution in [0.15, 0.2) is 0 Å². The maximum Gasteiger partial charge on any atom is 0.223 e. The summed E-state index contributed by atoms with van der Waals surface area (Å²) in [5.74, 6) is 0.0252. The van der Waals surface area contributed by atoms with E-state index in [1.54, 1.807) is 0 Å². The van der Waals surface area contributed by atoms with Gasteiger partial charge < -0.3 is 15.2 Å². The molecule has 1 atom stereocenters. The molecular formula is C17H29NO3. The number of hydrogen-bond donors (Lipinski definition) is 2. The molecule has 1 amide bonds. The van der Waals surface area contributed by atoms with Gasteiger partial charge in [-0.15, -0.1) is 0 Å². The molecule has 21 heavy (non-hydrogen) atoms. The van der Waals surface area contributed by atoms with Crippen LogP contribution in [0.5, 0.6) is 0 Å². The molecule has 2 N–H and O–H groups in total. The zero-order valence-corrected chi connectivity index (χ0v) is 13.0. The highest BCUT2D eigenvalue weighted by atomic mass is 16.5. The number of hydrogen-bond acceptors (Lipinski definition) is 3. The Labute approximate surface area is 127 Å². The summed E-state index contributed by atoms with van der Waals surface area (Å²) in [6.07, 6.45) is 11.9. The zero-order chi connectivity index (χ0) is 14.8. The molecule has 2 aliphatic carbocycles. The molecule has 2 saturated carbocycles. The summed E-state index contributed by atoms with van der Waals surface area (Å²) in [6, 6.07) is 0.231. The minimum Gasteiger partial charge on any atom is -0.389 e. The predicted molar refractivity (Wildman–Crippen MR) is 81.0 cm³/mol. The summed E-state index contributed by atoms with van der Waals surface area (Å²) >= 11 is 0. The lowest BCUT2D eigenvalue weighted by Gasteiger charge is -2.43. The van der Waals surface area contributed by atoms with Crippen LogP contribution in [0, 0.1) is 0 Å². The van der Waals surface area contributed by atoms with Crippen LogP contribution in [0.3, 0.4) is 0 Å². The third-order valence-electron chi connectivity index (χ3n) is 5.65. The Kier molecular flexibility index (Phi) is 4.55. The molecule has 4 heteroatoms. The first-order chi connectivity index (χ1) is 10.1. The van der Waals surface area contributed by atoms with Gasteiger partial charge in [-0.3, -0.25) is 4.79 Å². The number of aliphatic hydroxyl groups is 1. The number of ether oxygens (including phenoxy) is 1. The van der Waals surface area contributed by atoms with Crippen molar-refractivity contribution in [1.29, 1.82) is 0 Å². The number of rotatable bonds is 3. The van der Waals surface area contributed by atoms with Gasteiger partial charge in [0.25, 0.3) is 0 Å². The second kappa shape index (κ2) is 6.25. The van der Waals surface area contributed by atoms with E-state index in [1.807, 2.05) is 0 Å². The Hall–Kier alpha value is -0.610. The molecular weight excluding hydrogens is 266 g/mol. The van der Waals surface area contributed by atoms with Gasteiger partial charge in [-0.1, -0.05) is 32.1 Å². The minimum absolute atomic E-state index is 0.0252. The van der Waals surface area contributed by atoms with Crippen LogP contribution in [-0.2, 0) is 9.53 Å². The molecule has 1 spiro atoms. The quantitative estimate of drug-likeness (QED) is 0.841. The normalized spacial score (nSPS) is 31.2. The van der Waals surface area contributed by atoms with E-state index in [0.717, 1.165) is 58.0 Å². The van der Waals surface area contributed by atoms with Gasteiger partial charge in [0.15, 0.2) is 0 Å². The number of carbonyl (C=O) groups is 1. The van der Waals surface area contributed by atoms with Crippen molar-refractivity contribution in [2.45, 2.75) is 94.3 Å². The first-order valence-electron chi connectivity index (χ1n) is 8.75. The van der Waals surface area contributed by atoms with Crippen molar-refractivity contribution in [3.8, 4) is 0 Å². The maximum absolute atomic E-state index is 12.2. The fourth-order valence-corrected chi connectivity index (χ4v) is 4.48. The monoisotopic (exact) mass is 295 g/mol. The fourth-order valence-electron chi connectivity index (χ4n) is 4.48. The Morgan fingerprint density at radius 1 is 1.10 bits per heavy atom. The Balaban J connectivity index is 1.51. The summed E-state index contributed by atoms with van der Waals surface area (Å²) in [7, 11) is 0. The molecule has 3 aliphatic rings. The average molecular weight is 295 g/mol. The largest absolute Gasteiger partial charge is 0.389 e. The lowest BCUT2D eigenvalue weighted by Crippen LogP contribution is -2.50. The van der Waals surface area contributed by atoms with E-state index in [1.165, 1.54) is 19.3 Å². The SMILES string of the molecule is O=C(CC1(O)CCCC1)NC1CCOC2(CCCCC2)C1. The van der Waals surface area contributed by atoms with Crippen molar-refractivity contribution in [2.24, 2.45) is 0 Å². The van der Waals surface area contributed by atoms with E-state index in [4.69, 9.17) is 4.74 Å². The van der Waals surface area contributed by atoms with Crippen LogP contribution >= 0.6 is 0 Å². The van der Waals surface area contributed by atoms with Crippen LogP contribution in [0.4, 0.5) is 0 Å². The van der Waals surface area contributed by atoms with Crippen LogP contribution in [0.1, 0.15) is 77.0 Å². The van der Waals surface area contributed by atoms with Gasteiger partial charge in [-0.05, 0) is 38.5 Å². The van der Waals surface area contributed by atoms with E-state index in [2.05, 4.69) is 5.32 Å². The van der Waals surface area contributed by atoms with Crippen LogP contribution < -0.4 is 5.32 Å². The number of nitrogens with one attached hydrogen (secondary N) is 1. The number of amides is 1. The highest BCUT2D eigenvalue weighted by Gasteiger charge is 2.40. The van der Waals surface area contributed by atoms with E-state index in [9.17, 15) is 9.90 Å². The smallest absolute Gasteiger partial charge is 0.223 e. The number of carbonyl (C=O) groups excluding carboxylic acids is 1. The molecule has 0 bridgehead atoms. The van der Waals surface area contributed by atoms with E-state index in [-0.39, 0.29) is 24.0 Å². The summed E-state index contributed by atoms with van der Waals surface area (Å²) in [5, 5.41) is 13.5. The summed E-state index contributed by atoms with van der Waals surface area (Å²) in [6.45, 7) is 0.759. The van der Waals surface area contributed by atoms with Crippen molar-refractivity contribution in [3.63, 3.8) is 0 Å². The predicted octanol–water partition coefficient (Wildman–Crippen LogP) is 2.68. The summed E-state index contributed by atoms with van der Waals surface area (Å²) < 4.78 is 6.07. The van der Waals surface area contributed by atoms with Gasteiger partial charge in [0, 0.05) is 12.6 Å². The summed E-state index contributed by atoms with van der Waals surface area (Å²) in [4.78, 5) is 12.2. The molecule has 1 heterocycles. The standard InChI is InChI=1S/C17H29NO3/c19-15(13-16(20)7-4-5-8-16)18-14-6-11-21-17(12-14)9-2-1-3-10-17/h14,20H,1-13H2,(H,18,19). The van der Waals surface area contributed by atoms with Gasteiger partial charge >= 0.3 is 0 Å². The van der Waals surface area contributed by atoms with Crippen molar-refractivity contribution in [3.05, 3.63) is 0 Å². The van der Waals surface area contributed by atoms with E-state index in [0.29, 0.717) is 0 Å². The van der Waals surface area contributed by atoms with Crippen LogP contribution in [0.2, 0.25) is 0 Å². The zero-order valence-electron chi connectivity index (χ0n) is 13.0. The van der Waals surface area contributed by atoms with E-state index >= 15 is 0 Å². The maximum atomic E-state index is 12.2. The molecule has 3 fully saturated rings. The Morgan fingerprint density at radius 3 is 2.48 bits per heavy atom. The molecule has 120 valence electrons. The molecule has 1 unspecified atom stereocenters. The topological polar surface area (TPSA) is 58.6 Å². The molecule has 0 radical (unpaired) electrons. The molecule has 1 aliphatic heterocycles. The van der Waals surface area contributed by atoms with Crippen LogP contribution in [-0.4, -0.2) is 34.9 Å². The van der Waals surface area contributed by atoms with Crippen molar-refractivity contribution in [2.75, 3.05) is 6.61 Å². The van der Waals surface area contributed by atoms with Gasteiger partial charge in [0.1, 0.15) is 0 Å².